The summed E-state index contributed by atoms with van der Waals surface area (Å²) in [5, 5.41) is 23.9. The molecular weight excluding hydrogens is 426 g/mol. The fourth-order valence-electron chi connectivity index (χ4n) is 4.36. The Bertz CT molecular complexity index is 1320. The van der Waals surface area contributed by atoms with Crippen LogP contribution in [-0.4, -0.2) is 67.5 Å². The van der Waals surface area contributed by atoms with Crippen molar-refractivity contribution in [1.29, 1.82) is 0 Å². The molecule has 3 N–H and O–H groups in total. The van der Waals surface area contributed by atoms with E-state index < -0.39 is 11.6 Å². The SMILES string of the molecule is CCOc1cc(-c2ccc(N3CCC(C=O)(NC(=O)O)CC3)nc2)c2c3cn[nH]c3nn2c1. The van der Waals surface area contributed by atoms with E-state index in [0.717, 1.165) is 27.8 Å². The highest BCUT2D eigenvalue weighted by atomic mass is 16.5. The van der Waals surface area contributed by atoms with Crippen molar-refractivity contribution in [3.8, 4) is 16.9 Å². The number of piperidine rings is 1. The van der Waals surface area contributed by atoms with Gasteiger partial charge in [-0.25, -0.2) is 14.3 Å². The maximum Gasteiger partial charge on any atom is 0.405 e. The summed E-state index contributed by atoms with van der Waals surface area (Å²) < 4.78 is 7.52. The van der Waals surface area contributed by atoms with Gasteiger partial charge in [0.25, 0.3) is 0 Å². The number of carbonyl (C=O) groups is 2. The molecule has 0 aromatic carbocycles. The van der Waals surface area contributed by atoms with Gasteiger partial charge in [0.2, 0.25) is 0 Å². The van der Waals surface area contributed by atoms with Gasteiger partial charge < -0.3 is 24.9 Å². The van der Waals surface area contributed by atoms with Crippen LogP contribution in [0.4, 0.5) is 10.6 Å². The van der Waals surface area contributed by atoms with Crippen LogP contribution >= 0.6 is 0 Å². The molecule has 1 saturated heterocycles. The second-order valence-corrected chi connectivity index (χ2v) is 8.04. The number of hydrogen-bond donors (Lipinski definition) is 3. The molecule has 4 aromatic rings. The lowest BCUT2D eigenvalue weighted by atomic mass is 9.89. The van der Waals surface area contributed by atoms with E-state index in [4.69, 9.17) is 9.84 Å². The summed E-state index contributed by atoms with van der Waals surface area (Å²) in [6, 6.07) is 5.89. The lowest BCUT2D eigenvalue weighted by Gasteiger charge is -2.38. The van der Waals surface area contributed by atoms with E-state index in [0.29, 0.717) is 50.2 Å². The van der Waals surface area contributed by atoms with Gasteiger partial charge in [0.1, 0.15) is 23.4 Å². The molecule has 0 atom stereocenters. The molecule has 0 bridgehead atoms. The number of nitrogens with one attached hydrogen (secondary N) is 2. The van der Waals surface area contributed by atoms with Gasteiger partial charge in [0.15, 0.2) is 5.65 Å². The number of aromatic amines is 1. The van der Waals surface area contributed by atoms with Crippen LogP contribution in [0.25, 0.3) is 27.7 Å². The highest BCUT2D eigenvalue weighted by molar-refractivity contribution is 6.00. The first-order chi connectivity index (χ1) is 16.0. The van der Waals surface area contributed by atoms with Crippen LogP contribution in [0.1, 0.15) is 19.8 Å². The smallest absolute Gasteiger partial charge is 0.405 e. The zero-order chi connectivity index (χ0) is 23.0. The average Bonchev–Trinajstić information content (AvgIpc) is 3.40. The Labute approximate surface area is 188 Å². The van der Waals surface area contributed by atoms with E-state index in [-0.39, 0.29) is 0 Å². The highest BCUT2D eigenvalue weighted by Gasteiger charge is 2.36. The minimum atomic E-state index is -1.19. The van der Waals surface area contributed by atoms with Gasteiger partial charge in [-0.3, -0.25) is 5.10 Å². The lowest BCUT2D eigenvalue weighted by molar-refractivity contribution is -0.113. The van der Waals surface area contributed by atoms with Crippen molar-refractivity contribution in [2.45, 2.75) is 25.3 Å². The molecule has 0 aliphatic carbocycles. The number of carbonyl (C=O) groups excluding carboxylic acids is 1. The molecule has 33 heavy (non-hydrogen) atoms. The molecule has 1 amide bonds. The normalized spacial score (nSPS) is 15.6. The fraction of sp³-hybridized carbons (Fsp3) is 0.318. The van der Waals surface area contributed by atoms with E-state index in [1.165, 1.54) is 0 Å². The number of nitrogens with zero attached hydrogens (tertiary/aromatic N) is 5. The molecule has 0 spiro atoms. The highest BCUT2D eigenvalue weighted by Crippen LogP contribution is 2.33. The van der Waals surface area contributed by atoms with Gasteiger partial charge in [-0.05, 0) is 38.0 Å². The summed E-state index contributed by atoms with van der Waals surface area (Å²) in [5.41, 5.74) is 2.39. The molecule has 1 aliphatic heterocycles. The summed E-state index contributed by atoms with van der Waals surface area (Å²) >= 11 is 0. The van der Waals surface area contributed by atoms with Gasteiger partial charge in [-0.15, -0.1) is 5.10 Å². The number of carboxylic acid groups (broad SMARTS) is 1. The zero-order valence-corrected chi connectivity index (χ0v) is 18.0. The van der Waals surface area contributed by atoms with Crippen molar-refractivity contribution < 1.29 is 19.4 Å². The first-order valence-electron chi connectivity index (χ1n) is 10.7. The maximum atomic E-state index is 11.5. The largest absolute Gasteiger partial charge is 0.492 e. The zero-order valence-electron chi connectivity index (χ0n) is 18.0. The minimum Gasteiger partial charge on any atom is -0.492 e. The Hall–Kier alpha value is -4.15. The van der Waals surface area contributed by atoms with Crippen LogP contribution in [0.15, 0.2) is 36.8 Å². The van der Waals surface area contributed by atoms with Crippen LogP contribution in [0.5, 0.6) is 5.75 Å². The van der Waals surface area contributed by atoms with E-state index in [9.17, 15) is 9.59 Å². The minimum absolute atomic E-state index is 0.386. The van der Waals surface area contributed by atoms with Crippen molar-refractivity contribution >= 4 is 34.7 Å². The number of fused-ring (bicyclic) bond motifs is 3. The van der Waals surface area contributed by atoms with Crippen LogP contribution in [0.2, 0.25) is 0 Å². The van der Waals surface area contributed by atoms with Crippen molar-refractivity contribution in [2.75, 3.05) is 24.6 Å². The molecule has 170 valence electrons. The first-order valence-corrected chi connectivity index (χ1v) is 10.7. The summed E-state index contributed by atoms with van der Waals surface area (Å²) in [6.45, 7) is 3.51. The van der Waals surface area contributed by atoms with Crippen LogP contribution in [0.3, 0.4) is 0 Å². The Kier molecular flexibility index (Phi) is 5.08. The van der Waals surface area contributed by atoms with E-state index in [1.807, 2.05) is 36.2 Å². The van der Waals surface area contributed by atoms with E-state index >= 15 is 0 Å². The molecular formula is C22H23N7O4. The predicted molar refractivity (Wildman–Crippen MR) is 121 cm³/mol. The van der Waals surface area contributed by atoms with Gasteiger partial charge in [0, 0.05) is 30.4 Å². The number of rotatable bonds is 6. The van der Waals surface area contributed by atoms with E-state index in [1.54, 1.807) is 16.9 Å². The fourth-order valence-corrected chi connectivity index (χ4v) is 4.36. The van der Waals surface area contributed by atoms with E-state index in [2.05, 4.69) is 25.6 Å². The first kappa shape index (κ1) is 20.7. The third kappa shape index (κ3) is 3.71. The Morgan fingerprint density at radius 1 is 1.33 bits per heavy atom. The Morgan fingerprint density at radius 3 is 2.82 bits per heavy atom. The number of pyridine rings is 2. The Morgan fingerprint density at radius 2 is 2.15 bits per heavy atom. The third-order valence-electron chi connectivity index (χ3n) is 6.03. The number of anilines is 1. The van der Waals surface area contributed by atoms with Crippen LogP contribution < -0.4 is 15.0 Å². The maximum absolute atomic E-state index is 11.5. The van der Waals surface area contributed by atoms with Crippen molar-refractivity contribution in [1.82, 2.24) is 30.1 Å². The molecule has 5 heterocycles. The molecule has 0 unspecified atom stereocenters. The molecule has 11 nitrogen and oxygen atoms in total. The van der Waals surface area contributed by atoms with Crippen molar-refractivity contribution in [3.63, 3.8) is 0 Å². The number of hydrogen-bond acceptors (Lipinski definition) is 7. The molecule has 1 fully saturated rings. The number of H-pyrrole nitrogens is 1. The van der Waals surface area contributed by atoms with Gasteiger partial charge in [0.05, 0.1) is 29.9 Å². The second kappa shape index (κ2) is 8.08. The second-order valence-electron chi connectivity index (χ2n) is 8.04. The number of ether oxygens (including phenoxy) is 1. The summed E-state index contributed by atoms with van der Waals surface area (Å²) in [6.07, 6.45) is 5.68. The molecule has 0 saturated carbocycles. The molecule has 0 radical (unpaired) electrons. The predicted octanol–water partition coefficient (Wildman–Crippen LogP) is 2.48. The molecule has 5 rings (SSSR count). The number of amides is 1. The van der Waals surface area contributed by atoms with Crippen LogP contribution in [0, 0.1) is 0 Å². The number of aromatic nitrogens is 5. The van der Waals surface area contributed by atoms with Gasteiger partial charge in [-0.2, -0.15) is 5.10 Å². The van der Waals surface area contributed by atoms with Crippen molar-refractivity contribution in [2.24, 2.45) is 0 Å². The Balaban J connectivity index is 1.44. The monoisotopic (exact) mass is 449 g/mol. The standard InChI is InChI=1S/C22H23N7O4/c1-2-33-15-9-16(19-17-11-24-26-20(17)27-29(19)12-15)14-3-4-18(23-10-14)28-7-5-22(13-30,6-8-28)25-21(31)32/h3-4,9-13,25H,2,5-8H2,1H3,(H,26,27)(H,31,32). The summed E-state index contributed by atoms with van der Waals surface area (Å²) in [7, 11) is 0. The topological polar surface area (TPSA) is 138 Å². The molecule has 1 aliphatic rings. The summed E-state index contributed by atoms with van der Waals surface area (Å²) in [5.74, 6) is 1.47. The summed E-state index contributed by atoms with van der Waals surface area (Å²) in [4.78, 5) is 29.3. The lowest BCUT2D eigenvalue weighted by Crippen LogP contribution is -2.56. The quantitative estimate of drug-likeness (QED) is 0.382. The van der Waals surface area contributed by atoms with Gasteiger partial charge in [-0.1, -0.05) is 0 Å². The average molecular weight is 449 g/mol. The third-order valence-corrected chi connectivity index (χ3v) is 6.03. The molecule has 4 aromatic heterocycles. The van der Waals surface area contributed by atoms with Crippen molar-refractivity contribution in [3.05, 3.63) is 36.8 Å². The number of aldehydes is 1. The molecule has 11 heteroatoms. The van der Waals surface area contributed by atoms with Crippen LogP contribution in [-0.2, 0) is 4.79 Å². The van der Waals surface area contributed by atoms with Gasteiger partial charge >= 0.3 is 6.09 Å².